The predicted octanol–water partition coefficient (Wildman–Crippen LogP) is -2.59. The van der Waals surface area contributed by atoms with Crippen LogP contribution in [0.3, 0.4) is 0 Å². The molecular formula is C16H22N4O9S2. The highest BCUT2D eigenvalue weighted by Gasteiger charge is 2.07. The number of primary amides is 2. The SMILES string of the molecule is CS(=O)(=O)[O-].CS(=O)(=O)[O-].NC(=O)c1cc[n+](COC[n+]2ccc(C(N)=O)cc2)cc1. The summed E-state index contributed by atoms with van der Waals surface area (Å²) in [6.07, 6.45) is 8.05. The molecule has 13 nitrogen and oxygen atoms in total. The number of hydrogen-bond acceptors (Lipinski definition) is 9. The van der Waals surface area contributed by atoms with Crippen LogP contribution in [0.15, 0.2) is 49.1 Å². The summed E-state index contributed by atoms with van der Waals surface area (Å²) in [7, 11) is -7.83. The van der Waals surface area contributed by atoms with Crippen molar-refractivity contribution in [3.8, 4) is 0 Å². The van der Waals surface area contributed by atoms with Gasteiger partial charge in [0.2, 0.25) is 11.8 Å². The molecule has 0 atom stereocenters. The van der Waals surface area contributed by atoms with Gasteiger partial charge in [-0.25, -0.2) is 16.8 Å². The second-order valence-corrected chi connectivity index (χ2v) is 8.62. The molecule has 31 heavy (non-hydrogen) atoms. The fourth-order valence-corrected chi connectivity index (χ4v) is 1.67. The lowest BCUT2D eigenvalue weighted by Crippen LogP contribution is -2.40. The van der Waals surface area contributed by atoms with Crippen LogP contribution in [-0.4, -0.2) is 50.3 Å². The van der Waals surface area contributed by atoms with Gasteiger partial charge in [-0.3, -0.25) is 14.3 Å². The first-order valence-electron chi connectivity index (χ1n) is 8.03. The summed E-state index contributed by atoms with van der Waals surface area (Å²) in [5.41, 5.74) is 11.2. The molecule has 0 aliphatic heterocycles. The van der Waals surface area contributed by atoms with E-state index in [9.17, 15) is 9.59 Å². The number of nitrogens with zero attached hydrogens (tertiary/aromatic N) is 2. The Hall–Kier alpha value is -2.98. The average Bonchev–Trinajstić information content (AvgIpc) is 2.60. The van der Waals surface area contributed by atoms with E-state index in [1.54, 1.807) is 58.2 Å². The molecule has 172 valence electrons. The van der Waals surface area contributed by atoms with Gasteiger partial charge in [-0.05, 0) is 0 Å². The maximum Gasteiger partial charge on any atom is 0.257 e. The number of hydrogen-bond donors (Lipinski definition) is 2. The number of amides is 2. The van der Waals surface area contributed by atoms with Crippen molar-refractivity contribution in [2.75, 3.05) is 12.5 Å². The summed E-state index contributed by atoms with van der Waals surface area (Å²) in [5.74, 6) is -0.929. The van der Waals surface area contributed by atoms with E-state index in [0.29, 0.717) is 37.1 Å². The van der Waals surface area contributed by atoms with Gasteiger partial charge in [-0.2, -0.15) is 9.13 Å². The number of nitrogens with two attached hydrogens (primary N) is 2. The number of ether oxygens (including phenoxy) is 1. The molecule has 0 aliphatic carbocycles. The Labute approximate surface area is 179 Å². The Bertz CT molecular complexity index is 966. The van der Waals surface area contributed by atoms with E-state index in [4.69, 9.17) is 42.1 Å². The zero-order chi connectivity index (χ0) is 24.2. The van der Waals surface area contributed by atoms with Crippen LogP contribution in [0.4, 0.5) is 0 Å². The molecule has 0 radical (unpaired) electrons. The molecular weight excluding hydrogens is 456 g/mol. The second-order valence-electron chi connectivity index (χ2n) is 5.80. The van der Waals surface area contributed by atoms with Crippen LogP contribution in [0.25, 0.3) is 0 Å². The lowest BCUT2D eigenvalue weighted by Gasteiger charge is -1.99. The van der Waals surface area contributed by atoms with E-state index in [2.05, 4.69) is 0 Å². The van der Waals surface area contributed by atoms with Gasteiger partial charge >= 0.3 is 0 Å². The number of carbonyl (C=O) groups is 2. The van der Waals surface area contributed by atoms with Crippen molar-refractivity contribution < 1.29 is 49.4 Å². The highest BCUT2D eigenvalue weighted by Crippen LogP contribution is 1.94. The molecule has 15 heteroatoms. The van der Waals surface area contributed by atoms with Gasteiger partial charge in [0.15, 0.2) is 24.8 Å². The molecule has 0 aliphatic rings. The Kier molecular flexibility index (Phi) is 11.4. The molecule has 4 N–H and O–H groups in total. The van der Waals surface area contributed by atoms with Gasteiger partial charge in [0.05, 0.1) is 31.4 Å². The number of rotatable bonds is 6. The van der Waals surface area contributed by atoms with Crippen molar-refractivity contribution >= 4 is 32.1 Å². The number of carbonyl (C=O) groups excluding carboxylic acids is 2. The molecule has 0 spiro atoms. The van der Waals surface area contributed by atoms with Crippen LogP contribution >= 0.6 is 0 Å². The van der Waals surface area contributed by atoms with Crippen LogP contribution in [0.1, 0.15) is 20.7 Å². The Balaban J connectivity index is 0.000000752. The lowest BCUT2D eigenvalue weighted by atomic mass is 10.2. The van der Waals surface area contributed by atoms with Gasteiger partial charge in [0, 0.05) is 36.8 Å². The van der Waals surface area contributed by atoms with Crippen molar-refractivity contribution in [1.29, 1.82) is 0 Å². The van der Waals surface area contributed by atoms with Crippen molar-refractivity contribution in [3.05, 3.63) is 60.2 Å². The average molecular weight is 479 g/mol. The highest BCUT2D eigenvalue weighted by molar-refractivity contribution is 7.85. The van der Waals surface area contributed by atoms with Gasteiger partial charge in [-0.15, -0.1) is 0 Å². The van der Waals surface area contributed by atoms with Crippen LogP contribution in [0.5, 0.6) is 0 Å². The van der Waals surface area contributed by atoms with Crippen molar-refractivity contribution in [3.63, 3.8) is 0 Å². The van der Waals surface area contributed by atoms with Crippen LogP contribution < -0.4 is 20.6 Å². The third-order valence-electron chi connectivity index (χ3n) is 2.83. The molecule has 2 heterocycles. The zero-order valence-electron chi connectivity index (χ0n) is 16.6. The summed E-state index contributed by atoms with van der Waals surface area (Å²) in [5, 5.41) is 0. The first-order chi connectivity index (χ1) is 14.1. The third-order valence-corrected chi connectivity index (χ3v) is 2.83. The monoisotopic (exact) mass is 478 g/mol. The molecule has 2 amide bonds. The highest BCUT2D eigenvalue weighted by atomic mass is 32.2. The fourth-order valence-electron chi connectivity index (χ4n) is 1.67. The van der Waals surface area contributed by atoms with Crippen molar-refractivity contribution in [2.24, 2.45) is 11.5 Å². The largest absolute Gasteiger partial charge is 0.748 e. The summed E-state index contributed by atoms with van der Waals surface area (Å²) in [6, 6.07) is 6.50. The Morgan fingerprint density at radius 1 is 0.774 bits per heavy atom. The molecule has 0 fully saturated rings. The smallest absolute Gasteiger partial charge is 0.257 e. The van der Waals surface area contributed by atoms with Crippen LogP contribution in [0, 0.1) is 0 Å². The minimum atomic E-state index is -3.92. The fraction of sp³-hybridized carbons (Fsp3) is 0.250. The third kappa shape index (κ3) is 17.6. The van der Waals surface area contributed by atoms with Crippen molar-refractivity contribution in [1.82, 2.24) is 0 Å². The minimum Gasteiger partial charge on any atom is -0.748 e. The molecule has 2 aromatic rings. The molecule has 0 unspecified atom stereocenters. The van der Waals surface area contributed by atoms with Crippen LogP contribution in [-0.2, 0) is 38.4 Å². The van der Waals surface area contributed by atoms with E-state index in [-0.39, 0.29) is 0 Å². The summed E-state index contributed by atoms with van der Waals surface area (Å²) in [6.45, 7) is 0.646. The van der Waals surface area contributed by atoms with E-state index < -0.39 is 32.1 Å². The van der Waals surface area contributed by atoms with Gasteiger partial charge in [0.25, 0.3) is 13.5 Å². The summed E-state index contributed by atoms with van der Waals surface area (Å²) in [4.78, 5) is 21.9. The quantitative estimate of drug-likeness (QED) is 0.328. The van der Waals surface area contributed by atoms with Crippen molar-refractivity contribution in [2.45, 2.75) is 13.5 Å². The second kappa shape index (κ2) is 12.7. The maximum atomic E-state index is 10.9. The molecule has 2 rings (SSSR count). The molecule has 0 bridgehead atoms. The number of pyridine rings is 2. The van der Waals surface area contributed by atoms with Gasteiger partial charge in [-0.1, -0.05) is 0 Å². The van der Waals surface area contributed by atoms with E-state index in [1.807, 2.05) is 0 Å². The topological polar surface area (TPSA) is 218 Å². The normalized spacial score (nSPS) is 10.7. The summed E-state index contributed by atoms with van der Waals surface area (Å²) >= 11 is 0. The summed E-state index contributed by atoms with van der Waals surface area (Å²) < 4.78 is 63.5. The Morgan fingerprint density at radius 3 is 1.19 bits per heavy atom. The Morgan fingerprint density at radius 2 is 1.00 bits per heavy atom. The molecule has 0 saturated carbocycles. The lowest BCUT2D eigenvalue weighted by molar-refractivity contribution is -0.788. The van der Waals surface area contributed by atoms with Gasteiger partial charge in [0.1, 0.15) is 0 Å². The number of aromatic nitrogens is 2. The maximum absolute atomic E-state index is 10.9. The minimum absolute atomic E-state index is 0.323. The standard InChI is InChI=1S/C14H14N4O3.2CH4O3S/c15-13(19)11-1-5-17(6-2-11)9-21-10-18-7-3-12(4-8-18)14(16)20;2*1-5(2,3)4/h1-8H,9-10H2,(H2-2,15,16,19,20);2*1H3,(H,2,3,4). The molecule has 2 aromatic heterocycles. The zero-order valence-corrected chi connectivity index (χ0v) is 18.2. The molecule has 0 saturated heterocycles. The first kappa shape index (κ1) is 28.0. The van der Waals surface area contributed by atoms with Crippen LogP contribution in [0.2, 0.25) is 0 Å². The predicted molar refractivity (Wildman–Crippen MR) is 103 cm³/mol. The van der Waals surface area contributed by atoms with E-state index in [1.165, 1.54) is 0 Å². The first-order valence-corrected chi connectivity index (χ1v) is 11.7. The van der Waals surface area contributed by atoms with E-state index in [0.717, 1.165) is 0 Å². The van der Waals surface area contributed by atoms with E-state index >= 15 is 0 Å². The van der Waals surface area contributed by atoms with Gasteiger partial charge < -0.3 is 20.6 Å². The molecule has 0 aromatic carbocycles.